The molecule has 78 valence electrons. The summed E-state index contributed by atoms with van der Waals surface area (Å²) in [5.74, 6) is 0. The molecule has 0 saturated carbocycles. The van der Waals surface area contributed by atoms with Crippen molar-refractivity contribution < 1.29 is 15.3 Å². The molecule has 0 aromatic heterocycles. The topological polar surface area (TPSA) is 72.7 Å². The number of aliphatic hydroxyl groups excluding tert-OH is 2. The van der Waals surface area contributed by atoms with Gasteiger partial charge >= 0.3 is 0 Å². The van der Waals surface area contributed by atoms with E-state index in [0.29, 0.717) is 6.42 Å². The van der Waals surface area contributed by atoms with E-state index in [0.717, 1.165) is 6.42 Å². The Bertz CT molecular complexity index is 172. The van der Waals surface area contributed by atoms with Crippen molar-refractivity contribution in [2.24, 2.45) is 0 Å². The van der Waals surface area contributed by atoms with Gasteiger partial charge in [-0.2, -0.15) is 0 Å². The van der Waals surface area contributed by atoms with Gasteiger partial charge in [-0.25, -0.2) is 0 Å². The fourth-order valence-electron chi connectivity index (χ4n) is 1.99. The quantitative estimate of drug-likeness (QED) is 0.460. The molecule has 0 radical (unpaired) electrons. The average Bonchev–Trinajstić information content (AvgIpc) is 2.03. The van der Waals surface area contributed by atoms with Crippen LogP contribution in [-0.2, 0) is 0 Å². The SMILES string of the molecule is CC[C@H]1N[C@H](CO)[C@@H](O)C[C@]1(C)O. The number of hydrogen-bond acceptors (Lipinski definition) is 4. The third kappa shape index (κ3) is 2.20. The molecule has 1 fully saturated rings. The highest BCUT2D eigenvalue weighted by atomic mass is 16.3. The Morgan fingerprint density at radius 2 is 2.15 bits per heavy atom. The van der Waals surface area contributed by atoms with Gasteiger partial charge < -0.3 is 20.6 Å². The summed E-state index contributed by atoms with van der Waals surface area (Å²) in [5.41, 5.74) is -0.875. The van der Waals surface area contributed by atoms with Gasteiger partial charge in [-0.3, -0.25) is 0 Å². The maximum Gasteiger partial charge on any atom is 0.0797 e. The van der Waals surface area contributed by atoms with E-state index in [1.54, 1.807) is 6.92 Å². The summed E-state index contributed by atoms with van der Waals surface area (Å²) < 4.78 is 0. The minimum Gasteiger partial charge on any atom is -0.395 e. The van der Waals surface area contributed by atoms with Crippen molar-refractivity contribution in [1.29, 1.82) is 0 Å². The molecule has 1 aliphatic rings. The molecule has 4 atom stereocenters. The molecule has 4 nitrogen and oxygen atoms in total. The highest BCUT2D eigenvalue weighted by Gasteiger charge is 2.41. The first-order chi connectivity index (χ1) is 6.01. The second-order valence-electron chi connectivity index (χ2n) is 4.05. The Labute approximate surface area is 78.6 Å². The molecule has 0 amide bonds. The fourth-order valence-corrected chi connectivity index (χ4v) is 1.99. The molecule has 1 aliphatic heterocycles. The van der Waals surface area contributed by atoms with E-state index in [2.05, 4.69) is 5.32 Å². The molecule has 13 heavy (non-hydrogen) atoms. The fraction of sp³-hybridized carbons (Fsp3) is 1.00. The highest BCUT2D eigenvalue weighted by Crippen LogP contribution is 2.26. The molecule has 0 aliphatic carbocycles. The zero-order valence-electron chi connectivity index (χ0n) is 8.20. The second-order valence-corrected chi connectivity index (χ2v) is 4.05. The Hall–Kier alpha value is -0.160. The van der Waals surface area contributed by atoms with Crippen LogP contribution in [0.3, 0.4) is 0 Å². The van der Waals surface area contributed by atoms with Crippen molar-refractivity contribution >= 4 is 0 Å². The number of aliphatic hydroxyl groups is 3. The minimum absolute atomic E-state index is 0.0481. The van der Waals surface area contributed by atoms with Crippen molar-refractivity contribution in [1.82, 2.24) is 5.32 Å². The maximum atomic E-state index is 9.91. The van der Waals surface area contributed by atoms with Crippen LogP contribution in [0.4, 0.5) is 0 Å². The van der Waals surface area contributed by atoms with Gasteiger partial charge in [-0.1, -0.05) is 6.92 Å². The molecule has 4 N–H and O–H groups in total. The summed E-state index contributed by atoms with van der Waals surface area (Å²) in [6.45, 7) is 3.59. The molecule has 1 rings (SSSR count). The molecular weight excluding hydrogens is 170 g/mol. The first-order valence-corrected chi connectivity index (χ1v) is 4.78. The van der Waals surface area contributed by atoms with Gasteiger partial charge in [0.15, 0.2) is 0 Å². The van der Waals surface area contributed by atoms with Crippen LogP contribution in [0.25, 0.3) is 0 Å². The highest BCUT2D eigenvalue weighted by molar-refractivity contribution is 4.98. The Kier molecular flexibility index (Phi) is 3.29. The average molecular weight is 189 g/mol. The van der Waals surface area contributed by atoms with Gasteiger partial charge in [0.05, 0.1) is 24.4 Å². The molecule has 1 saturated heterocycles. The van der Waals surface area contributed by atoms with Crippen LogP contribution in [0.2, 0.25) is 0 Å². The smallest absolute Gasteiger partial charge is 0.0797 e. The largest absolute Gasteiger partial charge is 0.395 e. The Morgan fingerprint density at radius 1 is 1.54 bits per heavy atom. The number of piperidine rings is 1. The van der Waals surface area contributed by atoms with Gasteiger partial charge in [-0.05, 0) is 13.3 Å². The van der Waals surface area contributed by atoms with Crippen LogP contribution in [-0.4, -0.2) is 45.7 Å². The van der Waals surface area contributed by atoms with Crippen molar-refractivity contribution in [3.63, 3.8) is 0 Å². The van der Waals surface area contributed by atoms with Crippen LogP contribution in [0.15, 0.2) is 0 Å². The minimum atomic E-state index is -0.875. The zero-order chi connectivity index (χ0) is 10.1. The van der Waals surface area contributed by atoms with Gasteiger partial charge in [0.2, 0.25) is 0 Å². The van der Waals surface area contributed by atoms with Crippen LogP contribution < -0.4 is 5.32 Å². The Balaban J connectivity index is 2.66. The summed E-state index contributed by atoms with van der Waals surface area (Å²) in [7, 11) is 0. The first kappa shape index (κ1) is 10.9. The molecule has 0 aromatic carbocycles. The van der Waals surface area contributed by atoms with Crippen molar-refractivity contribution in [3.8, 4) is 0 Å². The van der Waals surface area contributed by atoms with E-state index in [9.17, 15) is 10.2 Å². The molecule has 4 heteroatoms. The lowest BCUT2D eigenvalue weighted by molar-refractivity contribution is -0.0794. The van der Waals surface area contributed by atoms with Crippen molar-refractivity contribution in [3.05, 3.63) is 0 Å². The molecule has 1 heterocycles. The van der Waals surface area contributed by atoms with Gasteiger partial charge in [0.25, 0.3) is 0 Å². The van der Waals surface area contributed by atoms with Crippen molar-refractivity contribution in [2.75, 3.05) is 6.61 Å². The molecule has 0 spiro atoms. The third-order valence-electron chi connectivity index (χ3n) is 2.86. The second kappa shape index (κ2) is 3.92. The molecular formula is C9H19NO3. The summed E-state index contributed by atoms with van der Waals surface area (Å²) in [5, 5.41) is 31.4. The van der Waals surface area contributed by atoms with Crippen LogP contribution in [0.1, 0.15) is 26.7 Å². The molecule has 0 aromatic rings. The maximum absolute atomic E-state index is 9.91. The van der Waals surface area contributed by atoms with E-state index in [1.807, 2.05) is 6.92 Å². The van der Waals surface area contributed by atoms with Crippen LogP contribution in [0, 0.1) is 0 Å². The lowest BCUT2D eigenvalue weighted by atomic mass is 9.82. The van der Waals surface area contributed by atoms with E-state index in [-0.39, 0.29) is 18.7 Å². The van der Waals surface area contributed by atoms with Gasteiger partial charge in [0.1, 0.15) is 0 Å². The van der Waals surface area contributed by atoms with Gasteiger partial charge in [0, 0.05) is 12.5 Å². The van der Waals surface area contributed by atoms with Crippen molar-refractivity contribution in [2.45, 2.75) is 50.5 Å². The van der Waals surface area contributed by atoms with E-state index < -0.39 is 11.7 Å². The first-order valence-electron chi connectivity index (χ1n) is 4.78. The van der Waals surface area contributed by atoms with E-state index in [4.69, 9.17) is 5.11 Å². The standard InChI is InChI=1S/C9H19NO3/c1-3-8-9(2,13)4-7(12)6(5-11)10-8/h6-8,10-13H,3-5H2,1-2H3/t6-,7+,8-,9+/m1/s1. The van der Waals surface area contributed by atoms with E-state index in [1.165, 1.54) is 0 Å². The predicted octanol–water partition coefficient (Wildman–Crippen LogP) is -0.769. The number of nitrogens with one attached hydrogen (secondary N) is 1. The number of hydrogen-bond donors (Lipinski definition) is 4. The molecule has 0 unspecified atom stereocenters. The monoisotopic (exact) mass is 189 g/mol. The van der Waals surface area contributed by atoms with Gasteiger partial charge in [-0.15, -0.1) is 0 Å². The van der Waals surface area contributed by atoms with E-state index >= 15 is 0 Å². The normalized spacial score (nSPS) is 46.4. The lowest BCUT2D eigenvalue weighted by Gasteiger charge is -2.43. The Morgan fingerprint density at radius 3 is 2.62 bits per heavy atom. The van der Waals surface area contributed by atoms with Crippen LogP contribution in [0.5, 0.6) is 0 Å². The summed E-state index contributed by atoms with van der Waals surface area (Å²) in [4.78, 5) is 0. The third-order valence-corrected chi connectivity index (χ3v) is 2.86. The summed E-state index contributed by atoms with van der Waals surface area (Å²) in [6, 6.07) is -0.349. The number of rotatable bonds is 2. The summed E-state index contributed by atoms with van der Waals surface area (Å²) >= 11 is 0. The molecule has 0 bridgehead atoms. The predicted molar refractivity (Wildman–Crippen MR) is 49.3 cm³/mol. The lowest BCUT2D eigenvalue weighted by Crippen LogP contribution is -2.63. The van der Waals surface area contributed by atoms with Crippen LogP contribution >= 0.6 is 0 Å². The zero-order valence-corrected chi connectivity index (χ0v) is 8.20. The summed E-state index contributed by atoms with van der Waals surface area (Å²) in [6.07, 6.45) is 0.447.